The summed E-state index contributed by atoms with van der Waals surface area (Å²) in [6.07, 6.45) is -1.01. The van der Waals surface area contributed by atoms with Crippen molar-refractivity contribution < 1.29 is 22.7 Å². The maximum Gasteiger partial charge on any atom is 0.317 e. The molecule has 0 fully saturated rings. The second-order valence-corrected chi connectivity index (χ2v) is 9.10. The topological polar surface area (TPSA) is 116 Å². The lowest BCUT2D eigenvalue weighted by Gasteiger charge is -2.13. The summed E-state index contributed by atoms with van der Waals surface area (Å²) in [4.78, 5) is 25.2. The van der Waals surface area contributed by atoms with Gasteiger partial charge in [0.25, 0.3) is 5.91 Å². The van der Waals surface area contributed by atoms with Gasteiger partial charge in [-0.1, -0.05) is 30.3 Å². The van der Waals surface area contributed by atoms with Crippen LogP contribution in [0.25, 0.3) is 10.8 Å². The van der Waals surface area contributed by atoms with Crippen LogP contribution in [0.3, 0.4) is 0 Å². The molecule has 0 aliphatic carbocycles. The van der Waals surface area contributed by atoms with Gasteiger partial charge >= 0.3 is 5.97 Å². The number of hydrogen-bond acceptors (Lipinski definition) is 6. The fourth-order valence-electron chi connectivity index (χ4n) is 2.66. The van der Waals surface area contributed by atoms with Gasteiger partial charge < -0.3 is 10.1 Å². The van der Waals surface area contributed by atoms with E-state index in [0.717, 1.165) is 15.7 Å². The number of esters is 1. The molecule has 1 atom stereocenters. The molecule has 1 unspecified atom stereocenters. The summed E-state index contributed by atoms with van der Waals surface area (Å²) in [6, 6.07) is 19.2. The van der Waals surface area contributed by atoms with Crippen LogP contribution in [0.5, 0.6) is 0 Å². The molecule has 0 saturated heterocycles. The third-order valence-electron chi connectivity index (χ3n) is 4.21. The highest BCUT2D eigenvalue weighted by Gasteiger charge is 2.18. The molecule has 0 aromatic heterocycles. The fraction of sp³-hybridized carbons (Fsp3) is 0.143. The van der Waals surface area contributed by atoms with Gasteiger partial charge in [0.05, 0.1) is 10.6 Å². The third-order valence-corrected chi connectivity index (χ3v) is 6.10. The van der Waals surface area contributed by atoms with Gasteiger partial charge in [0.15, 0.2) is 6.10 Å². The van der Waals surface area contributed by atoms with Crippen molar-refractivity contribution in [2.45, 2.75) is 22.8 Å². The van der Waals surface area contributed by atoms with Gasteiger partial charge in [0.1, 0.15) is 0 Å². The summed E-state index contributed by atoms with van der Waals surface area (Å²) in [5.74, 6) is -0.971. The average molecular weight is 445 g/mol. The van der Waals surface area contributed by atoms with Gasteiger partial charge in [-0.15, -0.1) is 11.8 Å². The molecular weight excluding hydrogens is 424 g/mol. The van der Waals surface area contributed by atoms with Crippen molar-refractivity contribution >= 4 is 50.1 Å². The van der Waals surface area contributed by atoms with Gasteiger partial charge in [-0.2, -0.15) is 0 Å². The molecule has 3 N–H and O–H groups in total. The highest BCUT2D eigenvalue weighted by atomic mass is 32.2. The zero-order valence-corrected chi connectivity index (χ0v) is 17.7. The molecule has 9 heteroatoms. The van der Waals surface area contributed by atoms with E-state index in [9.17, 15) is 18.0 Å². The Morgan fingerprint density at radius 2 is 1.70 bits per heavy atom. The van der Waals surface area contributed by atoms with Crippen LogP contribution in [-0.2, 0) is 24.3 Å². The smallest absolute Gasteiger partial charge is 0.317 e. The summed E-state index contributed by atoms with van der Waals surface area (Å²) in [7, 11) is -3.81. The molecule has 156 valence electrons. The quantitative estimate of drug-likeness (QED) is 0.427. The van der Waals surface area contributed by atoms with E-state index in [0.29, 0.717) is 5.69 Å². The van der Waals surface area contributed by atoms with Crippen LogP contribution in [0, 0.1) is 0 Å². The number of nitrogens with one attached hydrogen (secondary N) is 1. The first-order chi connectivity index (χ1) is 14.2. The van der Waals surface area contributed by atoms with Crippen LogP contribution in [0.4, 0.5) is 5.69 Å². The standard InChI is InChI=1S/C21H20N2O5S2/c1-14(21(25)23-17-7-10-19(11-8-17)30(22,26)27)28-20(24)13-29-18-9-6-15-4-2-3-5-16(15)12-18/h2-12,14H,13H2,1H3,(H,23,25)(H2,22,26,27). The third kappa shape index (κ3) is 5.82. The molecular formula is C21H20N2O5S2. The Bertz CT molecular complexity index is 1180. The zero-order chi connectivity index (χ0) is 21.7. The van der Waals surface area contributed by atoms with Crippen LogP contribution in [0.15, 0.2) is 76.5 Å². The number of carbonyl (C=O) groups is 2. The second kappa shape index (κ2) is 9.29. The zero-order valence-electron chi connectivity index (χ0n) is 16.1. The Balaban J connectivity index is 1.51. The van der Waals surface area contributed by atoms with Crippen molar-refractivity contribution in [3.63, 3.8) is 0 Å². The summed E-state index contributed by atoms with van der Waals surface area (Å²) >= 11 is 1.33. The first kappa shape index (κ1) is 21.8. The number of carbonyl (C=O) groups excluding carboxylic acids is 2. The minimum atomic E-state index is -3.81. The maximum absolute atomic E-state index is 12.2. The monoisotopic (exact) mass is 444 g/mol. The first-order valence-electron chi connectivity index (χ1n) is 8.97. The minimum Gasteiger partial charge on any atom is -0.452 e. The summed E-state index contributed by atoms with van der Waals surface area (Å²) in [5.41, 5.74) is 0.362. The van der Waals surface area contributed by atoms with Gasteiger partial charge in [-0.25, -0.2) is 13.6 Å². The van der Waals surface area contributed by atoms with Crippen molar-refractivity contribution in [1.29, 1.82) is 0 Å². The summed E-state index contributed by atoms with van der Waals surface area (Å²) < 4.78 is 27.7. The number of sulfonamides is 1. The van der Waals surface area contributed by atoms with E-state index < -0.39 is 28.0 Å². The summed E-state index contributed by atoms with van der Waals surface area (Å²) in [6.45, 7) is 1.46. The molecule has 0 saturated carbocycles. The van der Waals surface area contributed by atoms with E-state index in [4.69, 9.17) is 9.88 Å². The van der Waals surface area contributed by atoms with Crippen LogP contribution in [-0.4, -0.2) is 32.2 Å². The number of fused-ring (bicyclic) bond motifs is 1. The maximum atomic E-state index is 12.2. The number of rotatable bonds is 7. The van der Waals surface area contributed by atoms with Crippen LogP contribution >= 0.6 is 11.8 Å². The lowest BCUT2D eigenvalue weighted by atomic mass is 10.1. The Labute approximate surface area is 178 Å². The van der Waals surface area contributed by atoms with E-state index in [-0.39, 0.29) is 10.6 Å². The average Bonchev–Trinajstić information content (AvgIpc) is 2.71. The van der Waals surface area contributed by atoms with Crippen molar-refractivity contribution in [3.05, 3.63) is 66.7 Å². The highest BCUT2D eigenvalue weighted by Crippen LogP contribution is 2.24. The molecule has 0 bridgehead atoms. The molecule has 0 heterocycles. The van der Waals surface area contributed by atoms with E-state index in [1.807, 2.05) is 42.5 Å². The van der Waals surface area contributed by atoms with E-state index >= 15 is 0 Å². The number of thioether (sulfide) groups is 1. The van der Waals surface area contributed by atoms with Crippen molar-refractivity contribution in [2.75, 3.05) is 11.1 Å². The molecule has 3 aromatic carbocycles. The van der Waals surface area contributed by atoms with E-state index in [1.54, 1.807) is 0 Å². The van der Waals surface area contributed by atoms with Crippen LogP contribution in [0.2, 0.25) is 0 Å². The molecule has 30 heavy (non-hydrogen) atoms. The van der Waals surface area contributed by atoms with E-state index in [1.165, 1.54) is 43.0 Å². The molecule has 3 rings (SSSR count). The fourth-order valence-corrected chi connectivity index (χ4v) is 3.90. The van der Waals surface area contributed by atoms with E-state index in [2.05, 4.69) is 5.32 Å². The Morgan fingerprint density at radius 3 is 2.37 bits per heavy atom. The van der Waals surface area contributed by atoms with Gasteiger partial charge in [-0.05, 0) is 54.1 Å². The lowest BCUT2D eigenvalue weighted by Crippen LogP contribution is -2.30. The number of ether oxygens (including phenoxy) is 1. The SMILES string of the molecule is CC(OC(=O)CSc1ccc2ccccc2c1)C(=O)Nc1ccc(S(N)(=O)=O)cc1. The van der Waals surface area contributed by atoms with Gasteiger partial charge in [0.2, 0.25) is 10.0 Å². The van der Waals surface area contributed by atoms with Gasteiger partial charge in [0, 0.05) is 10.6 Å². The van der Waals surface area contributed by atoms with Crippen molar-refractivity contribution in [2.24, 2.45) is 5.14 Å². The number of benzene rings is 3. The largest absolute Gasteiger partial charge is 0.452 e. The van der Waals surface area contributed by atoms with Gasteiger partial charge in [-0.3, -0.25) is 9.59 Å². The number of primary sulfonamides is 1. The number of nitrogens with two attached hydrogens (primary N) is 1. The highest BCUT2D eigenvalue weighted by molar-refractivity contribution is 8.00. The molecule has 0 spiro atoms. The first-order valence-corrected chi connectivity index (χ1v) is 11.5. The predicted molar refractivity (Wildman–Crippen MR) is 117 cm³/mol. The minimum absolute atomic E-state index is 0.0642. The number of anilines is 1. The molecule has 0 aliphatic heterocycles. The molecule has 0 aliphatic rings. The Hall–Kier alpha value is -2.88. The Kier molecular flexibility index (Phi) is 6.76. The lowest BCUT2D eigenvalue weighted by molar-refractivity contribution is -0.150. The molecule has 3 aromatic rings. The Morgan fingerprint density at radius 1 is 1.03 bits per heavy atom. The number of amides is 1. The van der Waals surface area contributed by atoms with Crippen molar-refractivity contribution in [3.8, 4) is 0 Å². The molecule has 7 nitrogen and oxygen atoms in total. The second-order valence-electron chi connectivity index (χ2n) is 6.49. The van der Waals surface area contributed by atoms with Crippen LogP contribution in [0.1, 0.15) is 6.92 Å². The molecule has 1 amide bonds. The molecule has 0 radical (unpaired) electrons. The number of hydrogen-bond donors (Lipinski definition) is 2. The van der Waals surface area contributed by atoms with Crippen molar-refractivity contribution in [1.82, 2.24) is 0 Å². The van der Waals surface area contributed by atoms with Crippen LogP contribution < -0.4 is 10.5 Å². The normalized spacial score (nSPS) is 12.3. The predicted octanol–water partition coefficient (Wildman–Crippen LogP) is 3.15. The summed E-state index contributed by atoms with van der Waals surface area (Å²) in [5, 5.41) is 9.79.